The number of carbonyl (C=O) groups excluding carboxylic acids is 1. The summed E-state index contributed by atoms with van der Waals surface area (Å²) in [5.74, 6) is -1.85. The predicted octanol–water partition coefficient (Wildman–Crippen LogP) is 0.584. The second kappa shape index (κ2) is 6.70. The number of benzene rings is 1. The molecule has 0 bridgehead atoms. The summed E-state index contributed by atoms with van der Waals surface area (Å²) in [5.41, 5.74) is 0.651. The van der Waals surface area contributed by atoms with Gasteiger partial charge in [0.05, 0.1) is 13.0 Å². The van der Waals surface area contributed by atoms with E-state index in [1.165, 1.54) is 31.4 Å². The SMILES string of the molecule is COC(CNC(=O)Cc1ccc(F)cc1)C(=O)O. The van der Waals surface area contributed by atoms with Crippen LogP contribution in [0.15, 0.2) is 24.3 Å². The zero-order valence-corrected chi connectivity index (χ0v) is 9.85. The lowest BCUT2D eigenvalue weighted by Crippen LogP contribution is -2.38. The normalized spacial score (nSPS) is 11.9. The van der Waals surface area contributed by atoms with Crippen LogP contribution in [0, 0.1) is 5.82 Å². The van der Waals surface area contributed by atoms with E-state index in [0.717, 1.165) is 0 Å². The molecule has 0 aliphatic rings. The first-order valence-electron chi connectivity index (χ1n) is 5.29. The quantitative estimate of drug-likeness (QED) is 0.779. The molecule has 0 aliphatic carbocycles. The minimum absolute atomic E-state index is 0.0658. The number of methoxy groups -OCH3 is 1. The number of amides is 1. The van der Waals surface area contributed by atoms with Gasteiger partial charge in [-0.3, -0.25) is 4.79 Å². The van der Waals surface area contributed by atoms with Gasteiger partial charge in [0.15, 0.2) is 6.10 Å². The molecule has 1 atom stereocenters. The Bertz CT molecular complexity index is 419. The van der Waals surface area contributed by atoms with Crippen LogP contribution in [-0.4, -0.2) is 36.7 Å². The molecule has 1 aromatic carbocycles. The molecule has 0 aromatic heterocycles. The van der Waals surface area contributed by atoms with E-state index in [1.807, 2.05) is 0 Å². The van der Waals surface area contributed by atoms with Crippen molar-refractivity contribution in [1.29, 1.82) is 0 Å². The average molecular weight is 255 g/mol. The number of carboxylic acid groups (broad SMARTS) is 1. The summed E-state index contributed by atoms with van der Waals surface area (Å²) in [6.07, 6.45) is -1.00. The maximum Gasteiger partial charge on any atom is 0.334 e. The third-order valence-corrected chi connectivity index (χ3v) is 2.32. The van der Waals surface area contributed by atoms with Crippen molar-refractivity contribution >= 4 is 11.9 Å². The Hall–Kier alpha value is -1.95. The fourth-order valence-corrected chi connectivity index (χ4v) is 1.33. The number of carbonyl (C=O) groups is 2. The second-order valence-electron chi connectivity index (χ2n) is 3.67. The van der Waals surface area contributed by atoms with Crippen LogP contribution in [-0.2, 0) is 20.7 Å². The standard InChI is InChI=1S/C12H14FNO4/c1-18-10(12(16)17)7-14-11(15)6-8-2-4-9(13)5-3-8/h2-5,10H,6-7H2,1H3,(H,14,15)(H,16,17). The maximum atomic E-state index is 12.6. The third kappa shape index (κ3) is 4.50. The van der Waals surface area contributed by atoms with Gasteiger partial charge in [-0.1, -0.05) is 12.1 Å². The van der Waals surface area contributed by atoms with Crippen molar-refractivity contribution in [3.05, 3.63) is 35.6 Å². The first-order valence-corrected chi connectivity index (χ1v) is 5.29. The number of carboxylic acids is 1. The molecule has 0 saturated carbocycles. The monoisotopic (exact) mass is 255 g/mol. The number of rotatable bonds is 6. The van der Waals surface area contributed by atoms with Crippen LogP contribution >= 0.6 is 0 Å². The number of ether oxygens (including phenoxy) is 1. The Labute approximate surface area is 104 Å². The summed E-state index contributed by atoms with van der Waals surface area (Å²) >= 11 is 0. The summed E-state index contributed by atoms with van der Waals surface area (Å²) in [6, 6.07) is 5.52. The van der Waals surface area contributed by atoms with Gasteiger partial charge in [0.25, 0.3) is 0 Å². The van der Waals surface area contributed by atoms with Crippen LogP contribution in [0.4, 0.5) is 4.39 Å². The molecular weight excluding hydrogens is 241 g/mol. The van der Waals surface area contributed by atoms with E-state index in [4.69, 9.17) is 5.11 Å². The number of nitrogens with one attached hydrogen (secondary N) is 1. The van der Waals surface area contributed by atoms with E-state index < -0.39 is 12.1 Å². The largest absolute Gasteiger partial charge is 0.479 e. The smallest absolute Gasteiger partial charge is 0.334 e. The molecular formula is C12H14FNO4. The minimum Gasteiger partial charge on any atom is -0.479 e. The Morgan fingerprint density at radius 3 is 2.50 bits per heavy atom. The van der Waals surface area contributed by atoms with Crippen molar-refractivity contribution in [2.24, 2.45) is 0 Å². The van der Waals surface area contributed by atoms with E-state index in [0.29, 0.717) is 5.56 Å². The number of aliphatic carboxylic acids is 1. The van der Waals surface area contributed by atoms with Gasteiger partial charge in [0, 0.05) is 7.11 Å². The highest BCUT2D eigenvalue weighted by Crippen LogP contribution is 2.03. The molecule has 18 heavy (non-hydrogen) atoms. The van der Waals surface area contributed by atoms with Crippen LogP contribution in [0.25, 0.3) is 0 Å². The van der Waals surface area contributed by atoms with Crippen molar-refractivity contribution in [2.45, 2.75) is 12.5 Å². The predicted molar refractivity (Wildman–Crippen MR) is 61.5 cm³/mol. The lowest BCUT2D eigenvalue weighted by molar-refractivity contribution is -0.148. The van der Waals surface area contributed by atoms with Gasteiger partial charge < -0.3 is 15.2 Å². The third-order valence-electron chi connectivity index (χ3n) is 2.32. The Morgan fingerprint density at radius 1 is 1.39 bits per heavy atom. The molecule has 98 valence electrons. The van der Waals surface area contributed by atoms with Gasteiger partial charge >= 0.3 is 5.97 Å². The molecule has 0 fully saturated rings. The number of hydrogen-bond donors (Lipinski definition) is 2. The van der Waals surface area contributed by atoms with Gasteiger partial charge in [-0.15, -0.1) is 0 Å². The van der Waals surface area contributed by atoms with Crippen LogP contribution in [0.5, 0.6) is 0 Å². The van der Waals surface area contributed by atoms with Gasteiger partial charge in [0.1, 0.15) is 5.82 Å². The fraction of sp³-hybridized carbons (Fsp3) is 0.333. The Morgan fingerprint density at radius 2 is 2.00 bits per heavy atom. The van der Waals surface area contributed by atoms with Crippen LogP contribution in [0.3, 0.4) is 0 Å². The summed E-state index contributed by atoms with van der Waals surface area (Å²) < 4.78 is 17.3. The fourth-order valence-electron chi connectivity index (χ4n) is 1.33. The highest BCUT2D eigenvalue weighted by molar-refractivity contribution is 5.80. The van der Waals surface area contributed by atoms with E-state index >= 15 is 0 Å². The van der Waals surface area contributed by atoms with Gasteiger partial charge in [-0.25, -0.2) is 9.18 Å². The number of hydrogen-bond acceptors (Lipinski definition) is 3. The molecule has 0 radical (unpaired) electrons. The molecule has 0 spiro atoms. The molecule has 6 heteroatoms. The van der Waals surface area contributed by atoms with Gasteiger partial charge in [0.2, 0.25) is 5.91 Å². The topological polar surface area (TPSA) is 75.6 Å². The van der Waals surface area contributed by atoms with Crippen LogP contribution < -0.4 is 5.32 Å². The lowest BCUT2D eigenvalue weighted by Gasteiger charge is -2.11. The zero-order valence-electron chi connectivity index (χ0n) is 9.85. The average Bonchev–Trinajstić information content (AvgIpc) is 2.32. The second-order valence-corrected chi connectivity index (χ2v) is 3.67. The van der Waals surface area contributed by atoms with Crippen molar-refractivity contribution in [1.82, 2.24) is 5.32 Å². The van der Waals surface area contributed by atoms with E-state index in [-0.39, 0.29) is 24.7 Å². The lowest BCUT2D eigenvalue weighted by atomic mass is 10.1. The van der Waals surface area contributed by atoms with Crippen molar-refractivity contribution in [3.8, 4) is 0 Å². The molecule has 0 heterocycles. The highest BCUT2D eigenvalue weighted by Gasteiger charge is 2.17. The summed E-state index contributed by atoms with van der Waals surface area (Å²) in [7, 11) is 1.25. The summed E-state index contributed by atoms with van der Waals surface area (Å²) in [5, 5.41) is 11.1. The van der Waals surface area contributed by atoms with Crippen molar-refractivity contribution in [3.63, 3.8) is 0 Å². The first kappa shape index (κ1) is 14.1. The van der Waals surface area contributed by atoms with E-state index in [2.05, 4.69) is 10.1 Å². The van der Waals surface area contributed by atoms with Crippen molar-refractivity contribution < 1.29 is 23.8 Å². The van der Waals surface area contributed by atoms with Gasteiger partial charge in [-0.2, -0.15) is 0 Å². The van der Waals surface area contributed by atoms with Crippen LogP contribution in [0.2, 0.25) is 0 Å². The van der Waals surface area contributed by atoms with E-state index in [1.54, 1.807) is 0 Å². The highest BCUT2D eigenvalue weighted by atomic mass is 19.1. The molecule has 5 nitrogen and oxygen atoms in total. The van der Waals surface area contributed by atoms with Crippen LogP contribution in [0.1, 0.15) is 5.56 Å². The molecule has 0 saturated heterocycles. The van der Waals surface area contributed by atoms with Crippen molar-refractivity contribution in [2.75, 3.05) is 13.7 Å². The summed E-state index contributed by atoms with van der Waals surface area (Å²) in [4.78, 5) is 22.1. The first-order chi connectivity index (χ1) is 8.52. The Balaban J connectivity index is 2.42. The minimum atomic E-state index is -1.14. The molecule has 1 unspecified atom stereocenters. The molecule has 1 amide bonds. The van der Waals surface area contributed by atoms with Gasteiger partial charge in [-0.05, 0) is 17.7 Å². The number of halogens is 1. The zero-order chi connectivity index (χ0) is 13.5. The maximum absolute atomic E-state index is 12.6. The molecule has 1 rings (SSSR count). The Kier molecular flexibility index (Phi) is 5.26. The molecule has 1 aromatic rings. The van der Waals surface area contributed by atoms with E-state index in [9.17, 15) is 14.0 Å². The molecule has 0 aliphatic heterocycles. The molecule has 2 N–H and O–H groups in total. The summed E-state index contributed by atoms with van der Waals surface area (Å²) in [6.45, 7) is -0.105.